The number of aromatic nitrogens is 2. The quantitative estimate of drug-likeness (QED) is 0.456. The van der Waals surface area contributed by atoms with E-state index in [1.165, 1.54) is 12.4 Å². The van der Waals surface area contributed by atoms with Crippen molar-refractivity contribution >= 4 is 21.6 Å². The standard InChI is InChI=1S/C9H14BrN3O2/c1-2-3-8(4-10)6-12-7-9(5-11-12)13(14)15/h5,7-8H,2-4,6H2,1H3. The lowest BCUT2D eigenvalue weighted by Crippen LogP contribution is -2.12. The van der Waals surface area contributed by atoms with Crippen molar-refractivity contribution in [1.82, 2.24) is 9.78 Å². The zero-order chi connectivity index (χ0) is 11.3. The van der Waals surface area contributed by atoms with Crippen LogP contribution in [0.2, 0.25) is 0 Å². The van der Waals surface area contributed by atoms with Gasteiger partial charge in [0.05, 0.1) is 4.92 Å². The zero-order valence-electron chi connectivity index (χ0n) is 8.60. The average molecular weight is 276 g/mol. The van der Waals surface area contributed by atoms with E-state index in [0.29, 0.717) is 5.92 Å². The number of halogens is 1. The maximum absolute atomic E-state index is 10.4. The first-order valence-corrected chi connectivity index (χ1v) is 6.02. The van der Waals surface area contributed by atoms with Crippen molar-refractivity contribution in [2.45, 2.75) is 26.3 Å². The Morgan fingerprint density at radius 1 is 1.73 bits per heavy atom. The summed E-state index contributed by atoms with van der Waals surface area (Å²) in [5.41, 5.74) is 0.0554. The van der Waals surface area contributed by atoms with Crippen LogP contribution >= 0.6 is 15.9 Å². The Balaban J connectivity index is 2.59. The van der Waals surface area contributed by atoms with Crippen LogP contribution < -0.4 is 0 Å². The first kappa shape index (κ1) is 12.2. The molecule has 0 amide bonds. The summed E-state index contributed by atoms with van der Waals surface area (Å²) in [6.07, 6.45) is 4.97. The van der Waals surface area contributed by atoms with E-state index in [1.54, 1.807) is 4.68 Å². The number of nitrogens with zero attached hydrogens (tertiary/aromatic N) is 3. The Morgan fingerprint density at radius 2 is 2.47 bits per heavy atom. The molecule has 0 aliphatic heterocycles. The minimum absolute atomic E-state index is 0.0554. The first-order chi connectivity index (χ1) is 7.17. The molecule has 1 atom stereocenters. The maximum atomic E-state index is 10.4. The number of hydrogen-bond donors (Lipinski definition) is 0. The monoisotopic (exact) mass is 275 g/mol. The van der Waals surface area contributed by atoms with Crippen molar-refractivity contribution in [1.29, 1.82) is 0 Å². The van der Waals surface area contributed by atoms with Crippen LogP contribution in [0, 0.1) is 16.0 Å². The molecule has 84 valence electrons. The van der Waals surface area contributed by atoms with Gasteiger partial charge in [-0.05, 0) is 12.3 Å². The molecule has 1 aromatic heterocycles. The van der Waals surface area contributed by atoms with E-state index < -0.39 is 4.92 Å². The molecule has 0 N–H and O–H groups in total. The molecule has 0 saturated heterocycles. The summed E-state index contributed by atoms with van der Waals surface area (Å²) < 4.78 is 1.64. The second kappa shape index (κ2) is 5.85. The molecule has 1 aromatic rings. The van der Waals surface area contributed by atoms with Gasteiger partial charge in [0.15, 0.2) is 0 Å². The van der Waals surface area contributed by atoms with Gasteiger partial charge >= 0.3 is 5.69 Å². The molecular weight excluding hydrogens is 262 g/mol. The molecular formula is C9H14BrN3O2. The summed E-state index contributed by atoms with van der Waals surface area (Å²) in [6, 6.07) is 0. The molecule has 0 radical (unpaired) electrons. The van der Waals surface area contributed by atoms with Crippen LogP contribution in [0.3, 0.4) is 0 Å². The number of rotatable bonds is 6. The third-order valence-corrected chi connectivity index (χ3v) is 3.11. The van der Waals surface area contributed by atoms with Crippen LogP contribution in [0.25, 0.3) is 0 Å². The van der Waals surface area contributed by atoms with Crippen LogP contribution in [0.5, 0.6) is 0 Å². The van der Waals surface area contributed by atoms with Gasteiger partial charge in [0.25, 0.3) is 0 Å². The Hall–Kier alpha value is -0.910. The number of nitro groups is 1. The predicted octanol–water partition coefficient (Wildman–Crippen LogP) is 2.60. The van der Waals surface area contributed by atoms with Crippen LogP contribution in [-0.4, -0.2) is 20.0 Å². The lowest BCUT2D eigenvalue weighted by Gasteiger charge is -2.11. The van der Waals surface area contributed by atoms with E-state index >= 15 is 0 Å². The van der Waals surface area contributed by atoms with Gasteiger partial charge in [-0.1, -0.05) is 29.3 Å². The minimum Gasteiger partial charge on any atom is -0.265 e. The summed E-state index contributed by atoms with van der Waals surface area (Å²) >= 11 is 3.44. The van der Waals surface area contributed by atoms with Gasteiger partial charge in [-0.15, -0.1) is 0 Å². The van der Waals surface area contributed by atoms with Gasteiger partial charge in [0.2, 0.25) is 0 Å². The Kier molecular flexibility index (Phi) is 4.74. The summed E-state index contributed by atoms with van der Waals surface area (Å²) in [5, 5.41) is 15.3. The second-order valence-electron chi connectivity index (χ2n) is 3.49. The normalized spacial score (nSPS) is 12.7. The highest BCUT2D eigenvalue weighted by Crippen LogP contribution is 2.14. The summed E-state index contributed by atoms with van der Waals surface area (Å²) in [6.45, 7) is 2.86. The van der Waals surface area contributed by atoms with Crippen LogP contribution in [0.15, 0.2) is 12.4 Å². The Morgan fingerprint density at radius 3 is 2.93 bits per heavy atom. The van der Waals surface area contributed by atoms with E-state index in [-0.39, 0.29) is 5.69 Å². The molecule has 0 fully saturated rings. The van der Waals surface area contributed by atoms with Crippen molar-refractivity contribution in [3.8, 4) is 0 Å². The largest absolute Gasteiger partial charge is 0.306 e. The fourth-order valence-electron chi connectivity index (χ4n) is 1.44. The van der Waals surface area contributed by atoms with Crippen LogP contribution in [0.4, 0.5) is 5.69 Å². The van der Waals surface area contributed by atoms with Gasteiger partial charge in [0, 0.05) is 11.9 Å². The van der Waals surface area contributed by atoms with Crippen LogP contribution in [-0.2, 0) is 6.54 Å². The summed E-state index contributed by atoms with van der Waals surface area (Å²) in [4.78, 5) is 10.0. The molecule has 0 aliphatic carbocycles. The van der Waals surface area contributed by atoms with Crippen molar-refractivity contribution < 1.29 is 4.92 Å². The molecule has 0 spiro atoms. The zero-order valence-corrected chi connectivity index (χ0v) is 10.2. The fraction of sp³-hybridized carbons (Fsp3) is 0.667. The minimum atomic E-state index is -0.424. The van der Waals surface area contributed by atoms with Crippen molar-refractivity contribution in [2.24, 2.45) is 5.92 Å². The van der Waals surface area contributed by atoms with E-state index in [1.807, 2.05) is 0 Å². The van der Waals surface area contributed by atoms with Gasteiger partial charge in [-0.2, -0.15) is 5.10 Å². The molecule has 0 aliphatic rings. The van der Waals surface area contributed by atoms with Crippen LogP contribution in [0.1, 0.15) is 19.8 Å². The highest BCUT2D eigenvalue weighted by molar-refractivity contribution is 9.09. The summed E-state index contributed by atoms with van der Waals surface area (Å²) in [5.74, 6) is 0.481. The molecule has 1 heterocycles. The lowest BCUT2D eigenvalue weighted by molar-refractivity contribution is -0.385. The lowest BCUT2D eigenvalue weighted by atomic mass is 10.1. The number of alkyl halides is 1. The fourth-order valence-corrected chi connectivity index (χ4v) is 1.97. The Labute approximate surface area is 96.7 Å². The van der Waals surface area contributed by atoms with E-state index in [2.05, 4.69) is 28.0 Å². The highest BCUT2D eigenvalue weighted by atomic mass is 79.9. The van der Waals surface area contributed by atoms with Gasteiger partial charge < -0.3 is 0 Å². The van der Waals surface area contributed by atoms with Crippen molar-refractivity contribution in [2.75, 3.05) is 5.33 Å². The topological polar surface area (TPSA) is 61.0 Å². The molecule has 0 saturated carbocycles. The highest BCUT2D eigenvalue weighted by Gasteiger charge is 2.12. The smallest absolute Gasteiger partial charge is 0.265 e. The van der Waals surface area contributed by atoms with Crippen molar-refractivity contribution in [3.05, 3.63) is 22.5 Å². The molecule has 5 nitrogen and oxygen atoms in total. The Bertz CT molecular complexity index is 327. The third-order valence-electron chi connectivity index (χ3n) is 2.19. The molecule has 1 unspecified atom stereocenters. The predicted molar refractivity (Wildman–Crippen MR) is 61.1 cm³/mol. The molecule has 1 rings (SSSR count). The van der Waals surface area contributed by atoms with Crippen molar-refractivity contribution in [3.63, 3.8) is 0 Å². The SMILES string of the molecule is CCCC(CBr)Cn1cc([N+](=O)[O-])cn1. The van der Waals surface area contributed by atoms with E-state index in [0.717, 1.165) is 24.7 Å². The maximum Gasteiger partial charge on any atom is 0.306 e. The average Bonchev–Trinajstić information content (AvgIpc) is 2.65. The summed E-state index contributed by atoms with van der Waals surface area (Å²) in [7, 11) is 0. The van der Waals surface area contributed by atoms with E-state index in [4.69, 9.17) is 0 Å². The first-order valence-electron chi connectivity index (χ1n) is 4.90. The number of hydrogen-bond acceptors (Lipinski definition) is 3. The molecule has 0 aromatic carbocycles. The molecule has 6 heteroatoms. The van der Waals surface area contributed by atoms with Gasteiger partial charge in [-0.3, -0.25) is 14.8 Å². The third kappa shape index (κ3) is 3.62. The van der Waals surface area contributed by atoms with Gasteiger partial charge in [0.1, 0.15) is 12.4 Å². The van der Waals surface area contributed by atoms with Gasteiger partial charge in [-0.25, -0.2) is 0 Å². The molecule has 15 heavy (non-hydrogen) atoms. The molecule has 0 bridgehead atoms. The second-order valence-corrected chi connectivity index (χ2v) is 4.13. The van der Waals surface area contributed by atoms with E-state index in [9.17, 15) is 10.1 Å².